The van der Waals surface area contributed by atoms with Crippen LogP contribution in [0.3, 0.4) is 0 Å². The molecule has 0 N–H and O–H groups in total. The largest absolute Gasteiger partial charge is 0.494 e. The minimum atomic E-state index is -0.310. The predicted molar refractivity (Wildman–Crippen MR) is 105 cm³/mol. The minimum absolute atomic E-state index is 0.0459. The van der Waals surface area contributed by atoms with E-state index in [0.29, 0.717) is 30.4 Å². The molecule has 2 heterocycles. The third-order valence-electron chi connectivity index (χ3n) is 4.91. The quantitative estimate of drug-likeness (QED) is 0.600. The second-order valence-electron chi connectivity index (χ2n) is 7.10. The molecule has 29 heavy (non-hydrogen) atoms. The monoisotopic (exact) mass is 395 g/mol. The van der Waals surface area contributed by atoms with Crippen LogP contribution in [0.4, 0.5) is 4.39 Å². The van der Waals surface area contributed by atoms with Gasteiger partial charge in [0.25, 0.3) is 0 Å². The number of carbonyl (C=O) groups is 1. The molecule has 0 aliphatic carbocycles. The van der Waals surface area contributed by atoms with E-state index in [-0.39, 0.29) is 30.6 Å². The van der Waals surface area contributed by atoms with Gasteiger partial charge in [-0.3, -0.25) is 4.79 Å². The van der Waals surface area contributed by atoms with E-state index in [1.807, 2.05) is 24.3 Å². The zero-order valence-corrected chi connectivity index (χ0v) is 16.2. The van der Waals surface area contributed by atoms with E-state index in [1.165, 1.54) is 6.07 Å². The molecule has 1 aliphatic rings. The van der Waals surface area contributed by atoms with Crippen LogP contribution in [0, 0.1) is 5.82 Å². The number of ether oxygens (including phenoxy) is 1. The van der Waals surface area contributed by atoms with Crippen LogP contribution in [0.15, 0.2) is 53.1 Å². The van der Waals surface area contributed by atoms with Crippen LogP contribution >= 0.6 is 0 Å². The molecule has 1 amide bonds. The molecule has 2 aromatic carbocycles. The van der Waals surface area contributed by atoms with Crippen molar-refractivity contribution in [2.45, 2.75) is 32.2 Å². The Morgan fingerprint density at radius 1 is 1.21 bits per heavy atom. The third kappa shape index (κ3) is 4.29. The summed E-state index contributed by atoms with van der Waals surface area (Å²) in [5.74, 6) is 1.15. The van der Waals surface area contributed by atoms with Gasteiger partial charge in [-0.15, -0.1) is 0 Å². The lowest BCUT2D eigenvalue weighted by Gasteiger charge is -2.16. The van der Waals surface area contributed by atoms with Crippen LogP contribution in [0.5, 0.6) is 5.75 Å². The van der Waals surface area contributed by atoms with Gasteiger partial charge in [-0.25, -0.2) is 4.39 Å². The van der Waals surface area contributed by atoms with Gasteiger partial charge in [0.2, 0.25) is 17.6 Å². The fraction of sp³-hybridized carbons (Fsp3) is 0.318. The van der Waals surface area contributed by atoms with Crippen molar-refractivity contribution < 1.29 is 18.4 Å². The van der Waals surface area contributed by atoms with Crippen molar-refractivity contribution in [3.8, 4) is 17.1 Å². The second kappa shape index (κ2) is 8.43. The third-order valence-corrected chi connectivity index (χ3v) is 4.91. The Morgan fingerprint density at radius 3 is 2.76 bits per heavy atom. The number of rotatable bonds is 7. The molecule has 1 aromatic heterocycles. The molecule has 7 heteroatoms. The first-order valence-electron chi connectivity index (χ1n) is 9.72. The average molecular weight is 395 g/mol. The first kappa shape index (κ1) is 19.1. The molecule has 150 valence electrons. The normalized spacial score (nSPS) is 16.4. The second-order valence-corrected chi connectivity index (χ2v) is 7.10. The number of amides is 1. The maximum atomic E-state index is 13.9. The van der Waals surface area contributed by atoms with Gasteiger partial charge in [0.05, 0.1) is 12.5 Å². The Balaban J connectivity index is 1.43. The lowest BCUT2D eigenvalue weighted by Crippen LogP contribution is -2.24. The van der Waals surface area contributed by atoms with E-state index in [4.69, 9.17) is 9.26 Å². The summed E-state index contributed by atoms with van der Waals surface area (Å²) in [6, 6.07) is 14.0. The molecule has 0 saturated carbocycles. The van der Waals surface area contributed by atoms with Crippen molar-refractivity contribution >= 4 is 5.91 Å². The summed E-state index contributed by atoms with van der Waals surface area (Å²) >= 11 is 0. The number of benzene rings is 2. The molecule has 1 aliphatic heterocycles. The molecule has 1 fully saturated rings. The fourth-order valence-corrected chi connectivity index (χ4v) is 3.36. The summed E-state index contributed by atoms with van der Waals surface area (Å²) < 4.78 is 24.9. The van der Waals surface area contributed by atoms with Crippen molar-refractivity contribution in [1.82, 2.24) is 15.0 Å². The van der Waals surface area contributed by atoms with E-state index in [1.54, 1.807) is 23.1 Å². The highest BCUT2D eigenvalue weighted by Gasteiger charge is 2.34. The van der Waals surface area contributed by atoms with Crippen LogP contribution in [-0.2, 0) is 11.3 Å². The minimum Gasteiger partial charge on any atom is -0.494 e. The standard InChI is InChI=1S/C22H22FN3O3/c1-2-11-28-18-9-7-15(8-10-18)21-24-22(29-25-21)17-12-20(27)26(14-17)13-16-5-3-4-6-19(16)23/h3-10,17H,2,11-14H2,1H3. The van der Waals surface area contributed by atoms with Crippen LogP contribution in [-0.4, -0.2) is 34.1 Å². The van der Waals surface area contributed by atoms with Crippen molar-refractivity contribution in [2.24, 2.45) is 0 Å². The molecule has 1 atom stereocenters. The zero-order valence-electron chi connectivity index (χ0n) is 16.2. The van der Waals surface area contributed by atoms with Gasteiger partial charge in [0.15, 0.2) is 0 Å². The van der Waals surface area contributed by atoms with Gasteiger partial charge in [0, 0.05) is 30.6 Å². The van der Waals surface area contributed by atoms with E-state index < -0.39 is 0 Å². The van der Waals surface area contributed by atoms with Gasteiger partial charge in [0.1, 0.15) is 11.6 Å². The van der Waals surface area contributed by atoms with Crippen LogP contribution in [0.2, 0.25) is 0 Å². The first-order valence-corrected chi connectivity index (χ1v) is 9.72. The molecule has 0 radical (unpaired) electrons. The Hall–Kier alpha value is -3.22. The summed E-state index contributed by atoms with van der Waals surface area (Å²) in [5, 5.41) is 4.05. The Morgan fingerprint density at radius 2 is 2.00 bits per heavy atom. The number of aromatic nitrogens is 2. The number of likely N-dealkylation sites (tertiary alicyclic amines) is 1. The Kier molecular flexibility index (Phi) is 5.55. The smallest absolute Gasteiger partial charge is 0.232 e. The number of nitrogens with zero attached hydrogens (tertiary/aromatic N) is 3. The Bertz CT molecular complexity index is 987. The van der Waals surface area contributed by atoms with E-state index >= 15 is 0 Å². The highest BCUT2D eigenvalue weighted by molar-refractivity contribution is 5.79. The number of hydrogen-bond acceptors (Lipinski definition) is 5. The Labute approximate surface area is 168 Å². The highest BCUT2D eigenvalue weighted by Crippen LogP contribution is 2.30. The van der Waals surface area contributed by atoms with Crippen LogP contribution in [0.25, 0.3) is 11.4 Å². The summed E-state index contributed by atoms with van der Waals surface area (Å²) in [5.41, 5.74) is 1.31. The van der Waals surface area contributed by atoms with Gasteiger partial charge in [-0.05, 0) is 36.8 Å². The summed E-state index contributed by atoms with van der Waals surface area (Å²) in [6.45, 7) is 3.39. The van der Waals surface area contributed by atoms with Crippen molar-refractivity contribution in [3.63, 3.8) is 0 Å². The summed E-state index contributed by atoms with van der Waals surface area (Å²) in [6.07, 6.45) is 1.23. The first-order chi connectivity index (χ1) is 14.1. The molecule has 0 bridgehead atoms. The molecule has 1 unspecified atom stereocenters. The maximum Gasteiger partial charge on any atom is 0.232 e. The average Bonchev–Trinajstić information content (AvgIpc) is 3.36. The number of hydrogen-bond donors (Lipinski definition) is 0. The summed E-state index contributed by atoms with van der Waals surface area (Å²) in [7, 11) is 0. The molecule has 1 saturated heterocycles. The van der Waals surface area contributed by atoms with Crippen molar-refractivity contribution in [3.05, 3.63) is 65.8 Å². The predicted octanol–water partition coefficient (Wildman–Crippen LogP) is 4.18. The lowest BCUT2D eigenvalue weighted by atomic mass is 10.1. The molecule has 6 nitrogen and oxygen atoms in total. The molecule has 3 aromatic rings. The van der Waals surface area contributed by atoms with Crippen LogP contribution < -0.4 is 4.74 Å². The highest BCUT2D eigenvalue weighted by atomic mass is 19.1. The number of carbonyl (C=O) groups excluding carboxylic acids is 1. The van der Waals surface area contributed by atoms with E-state index in [2.05, 4.69) is 17.1 Å². The molecule has 4 rings (SSSR count). The lowest BCUT2D eigenvalue weighted by molar-refractivity contribution is -0.128. The SMILES string of the molecule is CCCOc1ccc(-c2noc(C3CC(=O)N(Cc4ccccc4F)C3)n2)cc1. The van der Waals surface area contributed by atoms with E-state index in [9.17, 15) is 9.18 Å². The van der Waals surface area contributed by atoms with Crippen molar-refractivity contribution in [2.75, 3.05) is 13.2 Å². The molecular formula is C22H22FN3O3. The fourth-order valence-electron chi connectivity index (χ4n) is 3.36. The van der Waals surface area contributed by atoms with Gasteiger partial charge in [-0.1, -0.05) is 30.3 Å². The zero-order chi connectivity index (χ0) is 20.2. The van der Waals surface area contributed by atoms with Crippen LogP contribution in [0.1, 0.15) is 37.1 Å². The van der Waals surface area contributed by atoms with Gasteiger partial charge in [-0.2, -0.15) is 4.98 Å². The topological polar surface area (TPSA) is 68.5 Å². The number of halogens is 1. The van der Waals surface area contributed by atoms with Crippen molar-refractivity contribution in [1.29, 1.82) is 0 Å². The van der Waals surface area contributed by atoms with Gasteiger partial charge >= 0.3 is 0 Å². The summed E-state index contributed by atoms with van der Waals surface area (Å²) in [4.78, 5) is 18.5. The maximum absolute atomic E-state index is 13.9. The molecular weight excluding hydrogens is 373 g/mol. The molecule has 0 spiro atoms. The van der Waals surface area contributed by atoms with Gasteiger partial charge < -0.3 is 14.2 Å². The van der Waals surface area contributed by atoms with E-state index in [0.717, 1.165) is 17.7 Å².